The van der Waals surface area contributed by atoms with Crippen molar-refractivity contribution >= 4 is 33.2 Å². The van der Waals surface area contributed by atoms with Crippen molar-refractivity contribution in [2.75, 3.05) is 18.4 Å². The largest absolute Gasteiger partial charge is 0.355 e. The van der Waals surface area contributed by atoms with Crippen molar-refractivity contribution in [1.82, 2.24) is 9.46 Å². The summed E-state index contributed by atoms with van der Waals surface area (Å²) >= 11 is 5.97. The number of aromatic nitrogens is 1. The Morgan fingerprint density at radius 1 is 1.10 bits per heavy atom. The molecule has 3 rings (SSSR count). The van der Waals surface area contributed by atoms with Gasteiger partial charge < -0.3 is 9.84 Å². The Bertz CT molecular complexity index is 1110. The van der Waals surface area contributed by atoms with E-state index in [0.29, 0.717) is 35.1 Å². The number of hydrogen-bond donors (Lipinski definition) is 1. The molecule has 0 aliphatic rings. The number of nitrogens with zero attached hydrogens (tertiary/aromatic N) is 2. The summed E-state index contributed by atoms with van der Waals surface area (Å²) in [5, 5.41) is 7.01. The maximum Gasteiger partial charge on any atom is 0.277 e. The topological polar surface area (TPSA) is 92.5 Å². The Morgan fingerprint density at radius 2 is 1.79 bits per heavy atom. The molecule has 1 amide bonds. The molecular weight excluding hydrogens is 414 g/mol. The smallest absolute Gasteiger partial charge is 0.277 e. The van der Waals surface area contributed by atoms with Crippen LogP contribution < -0.4 is 5.32 Å². The molecule has 0 aliphatic carbocycles. The van der Waals surface area contributed by atoms with Gasteiger partial charge in [0.05, 0.1) is 4.90 Å². The maximum atomic E-state index is 12.5. The van der Waals surface area contributed by atoms with E-state index >= 15 is 0 Å². The Balaban J connectivity index is 1.73. The number of anilines is 1. The number of sulfonamides is 1. The Hall–Kier alpha value is -2.68. The molecule has 7 nitrogen and oxygen atoms in total. The molecule has 152 valence electrons. The van der Waals surface area contributed by atoms with E-state index in [1.807, 2.05) is 0 Å². The van der Waals surface area contributed by atoms with Crippen molar-refractivity contribution in [1.29, 1.82) is 0 Å². The molecule has 0 bridgehead atoms. The van der Waals surface area contributed by atoms with Crippen LogP contribution in [-0.2, 0) is 10.0 Å². The molecule has 0 saturated heterocycles. The Morgan fingerprint density at radius 3 is 2.41 bits per heavy atom. The van der Waals surface area contributed by atoms with E-state index in [2.05, 4.69) is 10.5 Å². The van der Waals surface area contributed by atoms with Gasteiger partial charge in [0.1, 0.15) is 0 Å². The zero-order valence-corrected chi connectivity index (χ0v) is 17.5. The third-order valence-electron chi connectivity index (χ3n) is 4.31. The van der Waals surface area contributed by atoms with Crippen LogP contribution in [0, 0.1) is 0 Å². The lowest BCUT2D eigenvalue weighted by Gasteiger charge is -2.18. The molecule has 0 spiro atoms. The molecule has 2 aromatic carbocycles. The first-order valence-electron chi connectivity index (χ1n) is 8.99. The summed E-state index contributed by atoms with van der Waals surface area (Å²) < 4.78 is 31.6. The average Bonchev–Trinajstić information content (AvgIpc) is 3.20. The number of hydrogen-bond acceptors (Lipinski definition) is 5. The van der Waals surface area contributed by atoms with E-state index in [9.17, 15) is 13.2 Å². The van der Waals surface area contributed by atoms with Gasteiger partial charge in [0.25, 0.3) is 5.91 Å². The summed E-state index contributed by atoms with van der Waals surface area (Å²) in [5.41, 5.74) is 1.25. The summed E-state index contributed by atoms with van der Waals surface area (Å²) in [6.07, 6.45) is 0. The van der Waals surface area contributed by atoms with Crippen molar-refractivity contribution in [2.45, 2.75) is 18.7 Å². The Kier molecular flexibility index (Phi) is 6.36. The second-order valence-electron chi connectivity index (χ2n) is 6.15. The lowest BCUT2D eigenvalue weighted by atomic mass is 10.1. The van der Waals surface area contributed by atoms with Gasteiger partial charge in [-0.2, -0.15) is 4.31 Å². The molecule has 29 heavy (non-hydrogen) atoms. The van der Waals surface area contributed by atoms with Crippen LogP contribution in [0.5, 0.6) is 0 Å². The van der Waals surface area contributed by atoms with Gasteiger partial charge in [-0.1, -0.05) is 42.7 Å². The highest BCUT2D eigenvalue weighted by molar-refractivity contribution is 7.89. The van der Waals surface area contributed by atoms with Crippen LogP contribution in [0.4, 0.5) is 5.69 Å². The molecule has 3 aromatic rings. The van der Waals surface area contributed by atoms with E-state index in [1.54, 1.807) is 38.1 Å². The maximum absolute atomic E-state index is 12.5. The first-order chi connectivity index (χ1) is 13.8. The SMILES string of the molecule is CCN(CC)S(=O)(=O)c1ccc(NC(=O)c2cc(-c3cccc(Cl)c3)on2)cc1. The molecule has 9 heteroatoms. The van der Waals surface area contributed by atoms with Gasteiger partial charge in [0.15, 0.2) is 11.5 Å². The van der Waals surface area contributed by atoms with Crippen LogP contribution in [0.25, 0.3) is 11.3 Å². The molecule has 1 N–H and O–H groups in total. The monoisotopic (exact) mass is 433 g/mol. The first-order valence-corrected chi connectivity index (χ1v) is 10.8. The van der Waals surface area contributed by atoms with Gasteiger partial charge in [0, 0.05) is 35.4 Å². The number of halogens is 1. The highest BCUT2D eigenvalue weighted by Crippen LogP contribution is 2.24. The van der Waals surface area contributed by atoms with E-state index < -0.39 is 15.9 Å². The third kappa shape index (κ3) is 4.67. The molecule has 0 aliphatic heterocycles. The van der Waals surface area contributed by atoms with E-state index in [-0.39, 0.29) is 10.6 Å². The molecule has 1 aromatic heterocycles. The summed E-state index contributed by atoms with van der Waals surface area (Å²) in [6, 6.07) is 14.5. The normalized spacial score (nSPS) is 11.6. The minimum atomic E-state index is -3.55. The van der Waals surface area contributed by atoms with Gasteiger partial charge in [-0.15, -0.1) is 0 Å². The van der Waals surface area contributed by atoms with E-state index in [0.717, 1.165) is 0 Å². The van der Waals surface area contributed by atoms with Crippen molar-refractivity contribution in [3.8, 4) is 11.3 Å². The number of benzene rings is 2. The minimum absolute atomic E-state index is 0.0971. The second kappa shape index (κ2) is 8.77. The third-order valence-corrected chi connectivity index (χ3v) is 6.61. The fourth-order valence-corrected chi connectivity index (χ4v) is 4.43. The lowest BCUT2D eigenvalue weighted by Crippen LogP contribution is -2.30. The molecule has 1 heterocycles. The van der Waals surface area contributed by atoms with Crippen LogP contribution in [0.15, 0.2) is 64.0 Å². The van der Waals surface area contributed by atoms with Gasteiger partial charge in [-0.25, -0.2) is 8.42 Å². The average molecular weight is 434 g/mol. The predicted molar refractivity (Wildman–Crippen MR) is 111 cm³/mol. The van der Waals surface area contributed by atoms with E-state index in [4.69, 9.17) is 16.1 Å². The van der Waals surface area contributed by atoms with Gasteiger partial charge >= 0.3 is 0 Å². The minimum Gasteiger partial charge on any atom is -0.355 e. The van der Waals surface area contributed by atoms with Crippen molar-refractivity contribution in [3.63, 3.8) is 0 Å². The van der Waals surface area contributed by atoms with Gasteiger partial charge in [0.2, 0.25) is 10.0 Å². The molecule has 0 unspecified atom stereocenters. The highest BCUT2D eigenvalue weighted by Gasteiger charge is 2.21. The number of nitrogens with one attached hydrogen (secondary N) is 1. The van der Waals surface area contributed by atoms with Crippen molar-refractivity contribution < 1.29 is 17.7 Å². The van der Waals surface area contributed by atoms with Crippen LogP contribution in [-0.4, -0.2) is 36.9 Å². The van der Waals surface area contributed by atoms with Crippen LogP contribution in [0.3, 0.4) is 0 Å². The van der Waals surface area contributed by atoms with Crippen LogP contribution in [0.1, 0.15) is 24.3 Å². The van der Waals surface area contributed by atoms with Gasteiger partial charge in [-0.3, -0.25) is 4.79 Å². The number of rotatable bonds is 7. The standard InChI is InChI=1S/C20H20ClN3O4S/c1-3-24(4-2)29(26,27)17-10-8-16(9-11-17)22-20(25)18-13-19(28-23-18)14-6-5-7-15(21)12-14/h5-13H,3-4H2,1-2H3,(H,22,25). The number of amides is 1. The fourth-order valence-electron chi connectivity index (χ4n) is 2.78. The van der Waals surface area contributed by atoms with E-state index in [1.165, 1.54) is 34.6 Å². The van der Waals surface area contributed by atoms with Crippen LogP contribution >= 0.6 is 11.6 Å². The number of carbonyl (C=O) groups is 1. The summed E-state index contributed by atoms with van der Waals surface area (Å²) in [7, 11) is -3.55. The highest BCUT2D eigenvalue weighted by atomic mass is 35.5. The zero-order chi connectivity index (χ0) is 21.0. The molecule has 0 fully saturated rings. The summed E-state index contributed by atoms with van der Waals surface area (Å²) in [4.78, 5) is 12.6. The second-order valence-corrected chi connectivity index (χ2v) is 8.53. The molecular formula is C20H20ClN3O4S. The lowest BCUT2D eigenvalue weighted by molar-refractivity contribution is 0.101. The molecule has 0 saturated carbocycles. The van der Waals surface area contributed by atoms with Crippen molar-refractivity contribution in [2.24, 2.45) is 0 Å². The molecule has 0 radical (unpaired) electrons. The Labute approximate surface area is 174 Å². The fraction of sp³-hybridized carbons (Fsp3) is 0.200. The zero-order valence-electron chi connectivity index (χ0n) is 15.9. The van der Waals surface area contributed by atoms with Gasteiger partial charge in [-0.05, 0) is 36.4 Å². The molecule has 0 atom stereocenters. The first kappa shape index (κ1) is 21.0. The van der Waals surface area contributed by atoms with Crippen molar-refractivity contribution in [3.05, 3.63) is 65.3 Å². The summed E-state index contributed by atoms with van der Waals surface area (Å²) in [5.74, 6) is -0.0558. The number of carbonyl (C=O) groups excluding carboxylic acids is 1. The van der Waals surface area contributed by atoms with Crippen LogP contribution in [0.2, 0.25) is 5.02 Å². The summed E-state index contributed by atoms with van der Waals surface area (Å²) in [6.45, 7) is 4.34. The predicted octanol–water partition coefficient (Wildman–Crippen LogP) is 4.28. The quantitative estimate of drug-likeness (QED) is 0.600.